The fourth-order valence-corrected chi connectivity index (χ4v) is 2.13. The van der Waals surface area contributed by atoms with Gasteiger partial charge in [-0.2, -0.15) is 0 Å². The van der Waals surface area contributed by atoms with Crippen molar-refractivity contribution in [3.8, 4) is 11.6 Å². The second-order valence-electron chi connectivity index (χ2n) is 4.17. The Hall–Kier alpha value is -2.48. The second kappa shape index (κ2) is 5.88. The van der Waals surface area contributed by atoms with Gasteiger partial charge in [0.1, 0.15) is 10.3 Å². The number of nitrogens with one attached hydrogen (secondary N) is 1. The van der Waals surface area contributed by atoms with E-state index < -0.39 is 4.92 Å². The summed E-state index contributed by atoms with van der Waals surface area (Å²) < 4.78 is 5.79. The van der Waals surface area contributed by atoms with Crippen LogP contribution in [0.1, 0.15) is 11.3 Å². The number of hydrogen-bond acceptors (Lipinski definition) is 5. The monoisotopic (exact) mass is 350 g/mol. The summed E-state index contributed by atoms with van der Waals surface area (Å²) in [5.74, 6) is 0.160. The summed E-state index contributed by atoms with van der Waals surface area (Å²) in [5.41, 5.74) is 6.35. The van der Waals surface area contributed by atoms with E-state index in [2.05, 4.69) is 20.9 Å². The van der Waals surface area contributed by atoms with E-state index in [9.17, 15) is 10.1 Å². The molecule has 2 aromatic rings. The van der Waals surface area contributed by atoms with Gasteiger partial charge in [-0.3, -0.25) is 15.5 Å². The number of nitrogen functional groups attached to an aromatic ring is 1. The molecule has 1 aromatic heterocycles. The molecule has 2 rings (SSSR count). The van der Waals surface area contributed by atoms with Gasteiger partial charge >= 0.3 is 0 Å². The lowest BCUT2D eigenvalue weighted by atomic mass is 10.2. The summed E-state index contributed by atoms with van der Waals surface area (Å²) in [5, 5.41) is 18.4. The van der Waals surface area contributed by atoms with Crippen LogP contribution in [-0.2, 0) is 0 Å². The zero-order chi connectivity index (χ0) is 15.6. The van der Waals surface area contributed by atoms with E-state index in [0.717, 1.165) is 0 Å². The lowest BCUT2D eigenvalue weighted by Gasteiger charge is -2.11. The van der Waals surface area contributed by atoms with Crippen LogP contribution in [0.4, 0.5) is 5.69 Å². The van der Waals surface area contributed by atoms with E-state index in [1.807, 2.05) is 0 Å². The van der Waals surface area contributed by atoms with E-state index >= 15 is 0 Å². The molecular formula is C13H11BrN4O3. The Balaban J connectivity index is 2.48. The van der Waals surface area contributed by atoms with Crippen LogP contribution in [0.25, 0.3) is 0 Å². The van der Waals surface area contributed by atoms with Crippen LogP contribution in [0.5, 0.6) is 11.6 Å². The van der Waals surface area contributed by atoms with E-state index in [1.165, 1.54) is 12.1 Å². The number of amidine groups is 1. The van der Waals surface area contributed by atoms with E-state index in [-0.39, 0.29) is 27.6 Å². The molecule has 1 aromatic carbocycles. The maximum atomic E-state index is 10.9. The predicted octanol–water partition coefficient (Wildman–Crippen LogP) is 3.14. The molecule has 3 N–H and O–H groups in total. The number of nitro benzene ring substituents is 1. The molecular weight excluding hydrogens is 340 g/mol. The zero-order valence-electron chi connectivity index (χ0n) is 11.0. The Labute approximate surface area is 128 Å². The minimum absolute atomic E-state index is 0.121. The molecule has 0 bridgehead atoms. The topological polar surface area (TPSA) is 115 Å². The molecule has 0 spiro atoms. The van der Waals surface area contributed by atoms with Gasteiger partial charge in [-0.25, -0.2) is 4.98 Å². The SMILES string of the molecule is Cc1ccc(C(=N)N)c(Oc2cccc([N+](=O)[O-])c2Br)n1. The van der Waals surface area contributed by atoms with Crippen LogP contribution in [-0.4, -0.2) is 15.7 Å². The third kappa shape index (κ3) is 3.16. The van der Waals surface area contributed by atoms with E-state index in [4.69, 9.17) is 15.9 Å². The summed E-state index contributed by atoms with van der Waals surface area (Å²) in [6, 6.07) is 7.73. The molecule has 108 valence electrons. The number of nitrogens with two attached hydrogens (primary N) is 1. The molecule has 0 unspecified atom stereocenters. The molecule has 0 atom stereocenters. The van der Waals surface area contributed by atoms with Crippen molar-refractivity contribution in [2.45, 2.75) is 6.92 Å². The van der Waals surface area contributed by atoms with Crippen molar-refractivity contribution >= 4 is 27.5 Å². The first-order chi connectivity index (χ1) is 9.90. The number of benzene rings is 1. The van der Waals surface area contributed by atoms with Crippen molar-refractivity contribution in [2.24, 2.45) is 5.73 Å². The van der Waals surface area contributed by atoms with Crippen LogP contribution in [0.2, 0.25) is 0 Å². The number of rotatable bonds is 4. The highest BCUT2D eigenvalue weighted by atomic mass is 79.9. The lowest BCUT2D eigenvalue weighted by Crippen LogP contribution is -2.13. The summed E-state index contributed by atoms with van der Waals surface area (Å²) >= 11 is 3.14. The van der Waals surface area contributed by atoms with Crippen LogP contribution in [0.3, 0.4) is 0 Å². The summed E-state index contributed by atoms with van der Waals surface area (Å²) in [7, 11) is 0. The maximum Gasteiger partial charge on any atom is 0.287 e. The third-order valence-corrected chi connectivity index (χ3v) is 3.43. The van der Waals surface area contributed by atoms with Crippen molar-refractivity contribution in [3.05, 3.63) is 56.2 Å². The summed E-state index contributed by atoms with van der Waals surface area (Å²) in [6.45, 7) is 1.76. The normalized spacial score (nSPS) is 10.2. The predicted molar refractivity (Wildman–Crippen MR) is 80.9 cm³/mol. The fourth-order valence-electron chi connectivity index (χ4n) is 1.64. The first-order valence-corrected chi connectivity index (χ1v) is 6.62. The average Bonchev–Trinajstić information content (AvgIpc) is 2.40. The average molecular weight is 351 g/mol. The minimum atomic E-state index is -0.521. The van der Waals surface area contributed by atoms with Gasteiger partial charge in [0.25, 0.3) is 5.69 Å². The largest absolute Gasteiger partial charge is 0.437 e. The standard InChI is InChI=1S/C13H11BrN4O3/c1-7-5-6-8(12(15)16)13(17-7)21-10-4-2-3-9(11(10)14)18(19)20/h2-6H,1H3,(H3,15,16). The zero-order valence-corrected chi connectivity index (χ0v) is 12.5. The number of ether oxygens (including phenoxy) is 1. The first-order valence-electron chi connectivity index (χ1n) is 5.83. The van der Waals surface area contributed by atoms with Gasteiger partial charge < -0.3 is 10.5 Å². The van der Waals surface area contributed by atoms with Crippen molar-refractivity contribution < 1.29 is 9.66 Å². The highest BCUT2D eigenvalue weighted by Crippen LogP contribution is 2.36. The Morgan fingerprint density at radius 3 is 2.76 bits per heavy atom. The van der Waals surface area contributed by atoms with Crippen molar-refractivity contribution in [1.29, 1.82) is 5.41 Å². The smallest absolute Gasteiger partial charge is 0.287 e. The Bertz CT molecular complexity index is 733. The quantitative estimate of drug-likeness (QED) is 0.380. The highest BCUT2D eigenvalue weighted by Gasteiger charge is 2.18. The summed E-state index contributed by atoms with van der Waals surface area (Å²) in [6.07, 6.45) is 0. The van der Waals surface area contributed by atoms with Crippen molar-refractivity contribution in [1.82, 2.24) is 4.98 Å². The lowest BCUT2D eigenvalue weighted by molar-refractivity contribution is -0.385. The molecule has 0 saturated carbocycles. The number of pyridine rings is 1. The van der Waals surface area contributed by atoms with Crippen LogP contribution >= 0.6 is 15.9 Å². The number of nitro groups is 1. The number of hydrogen-bond donors (Lipinski definition) is 2. The highest BCUT2D eigenvalue weighted by molar-refractivity contribution is 9.10. The summed E-state index contributed by atoms with van der Waals surface area (Å²) in [4.78, 5) is 14.6. The van der Waals surface area contributed by atoms with Crippen LogP contribution < -0.4 is 10.5 Å². The van der Waals surface area contributed by atoms with Gasteiger partial charge in [0.15, 0.2) is 5.75 Å². The van der Waals surface area contributed by atoms with Gasteiger partial charge in [-0.1, -0.05) is 6.07 Å². The van der Waals surface area contributed by atoms with E-state index in [0.29, 0.717) is 11.3 Å². The molecule has 7 nitrogen and oxygen atoms in total. The Kier molecular flexibility index (Phi) is 4.18. The molecule has 0 radical (unpaired) electrons. The molecule has 0 aliphatic carbocycles. The molecule has 0 saturated heterocycles. The molecule has 0 aliphatic heterocycles. The number of aryl methyl sites for hydroxylation is 1. The fraction of sp³-hybridized carbons (Fsp3) is 0.0769. The first kappa shape index (κ1) is 14.9. The van der Waals surface area contributed by atoms with Crippen LogP contribution in [0.15, 0.2) is 34.8 Å². The van der Waals surface area contributed by atoms with Gasteiger partial charge in [0.2, 0.25) is 5.88 Å². The molecule has 0 fully saturated rings. The van der Waals surface area contributed by atoms with Gasteiger partial charge in [0, 0.05) is 11.8 Å². The van der Waals surface area contributed by atoms with Crippen molar-refractivity contribution in [3.63, 3.8) is 0 Å². The van der Waals surface area contributed by atoms with Gasteiger partial charge in [0.05, 0.1) is 10.5 Å². The Morgan fingerprint density at radius 2 is 2.14 bits per heavy atom. The maximum absolute atomic E-state index is 10.9. The minimum Gasteiger partial charge on any atom is -0.437 e. The van der Waals surface area contributed by atoms with E-state index in [1.54, 1.807) is 25.1 Å². The molecule has 21 heavy (non-hydrogen) atoms. The molecule has 0 aliphatic rings. The molecule has 1 heterocycles. The second-order valence-corrected chi connectivity index (χ2v) is 4.96. The van der Waals surface area contributed by atoms with Crippen molar-refractivity contribution in [2.75, 3.05) is 0 Å². The van der Waals surface area contributed by atoms with Gasteiger partial charge in [-0.15, -0.1) is 0 Å². The van der Waals surface area contributed by atoms with Gasteiger partial charge in [-0.05, 0) is 41.1 Å². The number of aromatic nitrogens is 1. The third-order valence-electron chi connectivity index (χ3n) is 2.64. The number of nitrogens with zero attached hydrogens (tertiary/aromatic N) is 2. The van der Waals surface area contributed by atoms with Crippen LogP contribution in [0, 0.1) is 22.4 Å². The Morgan fingerprint density at radius 1 is 1.43 bits per heavy atom. The molecule has 8 heteroatoms. The number of halogens is 1. The molecule has 0 amide bonds.